The Kier molecular flexibility index (Phi) is 11.5. The highest BCUT2D eigenvalue weighted by molar-refractivity contribution is 5.93. The van der Waals surface area contributed by atoms with Crippen LogP contribution >= 0.6 is 0 Å². The highest BCUT2D eigenvalue weighted by Crippen LogP contribution is 2.57. The van der Waals surface area contributed by atoms with E-state index in [4.69, 9.17) is 14.5 Å². The summed E-state index contributed by atoms with van der Waals surface area (Å²) >= 11 is 0. The number of alkyl halides is 5. The second kappa shape index (κ2) is 17.8. The zero-order valence-corrected chi connectivity index (χ0v) is 39.5. The van der Waals surface area contributed by atoms with Crippen LogP contribution in [0, 0.1) is 5.92 Å². The van der Waals surface area contributed by atoms with Crippen LogP contribution in [0.25, 0.3) is 11.3 Å². The van der Waals surface area contributed by atoms with Gasteiger partial charge in [0.05, 0.1) is 29.8 Å². The number of nitrogens with one attached hydrogen (secondary N) is 7. The standard InChI is InChI=1S/C47H52F5N15O6/c1-45(8-9-45)60-43(69)73-34-13-24(12-29(34)48)30-16-38(59-41-53-10-6-36-54-27(20-65(36)41)22-71-47(50,51)52)67(64-30)11-7-26-14-37-57-32(40(68)55-25-2-3-25)21-66(37)42(56-26)58-35-15-31(62-63-35)28-4-5-33(39(28)49)72-44(70)61-46-17-23(18-46)19-46/h6,10,14-16,20-21,23-25,28-29,33-34,39H,2-5,7-9,11-13,17-19,22H2,1H3,(H6,53,54,55,56,57,58,59,60,61,62,63,64,68,69,70)/p+1/t23?,24-,28-,29+,33-,34-,39-,46?/m0/s1. The Bertz CT molecular complexity index is 3090. The predicted octanol–water partition coefficient (Wildman–Crippen LogP) is 6.49. The van der Waals surface area contributed by atoms with Crippen molar-refractivity contribution >= 4 is 52.9 Å². The SMILES string of the molecule is CC1(NC(=O)O[C@H]2C[C@@H](c3cc(Nc4nccc5nc(COC(F)(F)F)cn45)[n+](CCc4cc5nc(C(=O)NC6CC6)cn5c(Nc5cc([C@@H]6CC[C@H](OC(=O)NC78CC(C7)C8)[C@H]6F)[nH]n5)n4)[nH]3)C[C@H]2F)CC1. The van der Waals surface area contributed by atoms with E-state index in [1.807, 2.05) is 6.92 Å². The van der Waals surface area contributed by atoms with Crippen LogP contribution in [-0.2, 0) is 33.8 Å². The Morgan fingerprint density at radius 2 is 1.64 bits per heavy atom. The van der Waals surface area contributed by atoms with Gasteiger partial charge in [0.1, 0.15) is 48.1 Å². The number of rotatable bonds is 17. The average molecular weight is 1020 g/mol. The number of fused-ring (bicyclic) bond motifs is 2. The van der Waals surface area contributed by atoms with Gasteiger partial charge in [0.15, 0.2) is 5.82 Å². The molecule has 73 heavy (non-hydrogen) atoms. The van der Waals surface area contributed by atoms with Crippen LogP contribution in [0.4, 0.5) is 55.1 Å². The number of hydrogen-bond acceptors (Lipinski definition) is 13. The van der Waals surface area contributed by atoms with Crippen molar-refractivity contribution in [2.24, 2.45) is 5.92 Å². The van der Waals surface area contributed by atoms with Crippen molar-refractivity contribution < 1.29 is 55.2 Å². The molecule has 0 unspecified atom stereocenters. The van der Waals surface area contributed by atoms with Crippen molar-refractivity contribution in [2.75, 3.05) is 10.6 Å². The lowest BCUT2D eigenvalue weighted by molar-refractivity contribution is -0.737. The first-order valence-electron chi connectivity index (χ1n) is 24.7. The fraction of sp³-hybridized carbons (Fsp3) is 0.553. The van der Waals surface area contributed by atoms with Gasteiger partial charge in [-0.1, -0.05) is 0 Å². The first-order chi connectivity index (χ1) is 35.0. The maximum absolute atomic E-state index is 15.9. The molecule has 0 aliphatic heterocycles. The quantitative estimate of drug-likeness (QED) is 0.0382. The third kappa shape index (κ3) is 9.91. The fourth-order valence-corrected chi connectivity index (χ4v) is 10.6. The van der Waals surface area contributed by atoms with Gasteiger partial charge in [-0.05, 0) is 83.5 Å². The number of aryl methyl sites for hydroxylation is 2. The second-order valence-corrected chi connectivity index (χ2v) is 20.9. The normalized spacial score (nSPS) is 26.8. The summed E-state index contributed by atoms with van der Waals surface area (Å²) in [5.41, 5.74) is 1.97. The minimum atomic E-state index is -4.86. The number of anilines is 4. The van der Waals surface area contributed by atoms with Gasteiger partial charge >= 0.3 is 30.3 Å². The largest absolute Gasteiger partial charge is 0.522 e. The van der Waals surface area contributed by atoms with Gasteiger partial charge in [0.25, 0.3) is 5.91 Å². The summed E-state index contributed by atoms with van der Waals surface area (Å²) in [7, 11) is 0. The highest BCUT2D eigenvalue weighted by Gasteiger charge is 2.58. The van der Waals surface area contributed by atoms with Crippen LogP contribution in [0.1, 0.15) is 123 Å². The third-order valence-electron chi connectivity index (χ3n) is 15.1. The van der Waals surface area contributed by atoms with E-state index in [0.29, 0.717) is 58.8 Å². The number of halogens is 5. The van der Waals surface area contributed by atoms with Crippen molar-refractivity contribution in [3.05, 3.63) is 71.3 Å². The van der Waals surface area contributed by atoms with Crippen LogP contribution in [0.2, 0.25) is 0 Å². The Hall–Kier alpha value is -7.12. The number of aromatic nitrogens is 10. The molecule has 21 nitrogen and oxygen atoms in total. The molecule has 0 radical (unpaired) electrons. The molecule has 7 aliphatic rings. The van der Waals surface area contributed by atoms with E-state index >= 15 is 8.78 Å². The number of H-pyrrole nitrogens is 2. The summed E-state index contributed by atoms with van der Waals surface area (Å²) in [6, 6.07) is 6.80. The average Bonchev–Trinajstić information content (AvgIpc) is 3.75. The maximum atomic E-state index is 15.9. The number of aromatic amines is 2. The summed E-state index contributed by atoms with van der Waals surface area (Å²) in [5.74, 6) is 0.517. The lowest BCUT2D eigenvalue weighted by Crippen LogP contribution is -2.68. The molecule has 7 fully saturated rings. The van der Waals surface area contributed by atoms with Crippen LogP contribution in [0.5, 0.6) is 0 Å². The minimum Gasteiger partial charge on any atom is -0.443 e. The second-order valence-electron chi connectivity index (χ2n) is 20.9. The van der Waals surface area contributed by atoms with Gasteiger partial charge in [-0.25, -0.2) is 53.1 Å². The minimum absolute atomic E-state index is 0.00937. The third-order valence-corrected chi connectivity index (χ3v) is 15.1. The molecule has 7 N–H and O–H groups in total. The number of nitrogens with zero attached hydrogens (tertiary/aromatic N) is 8. The van der Waals surface area contributed by atoms with Gasteiger partial charge in [0.2, 0.25) is 5.95 Å². The number of carbonyl (C=O) groups excluding carboxylic acids is 3. The molecule has 386 valence electrons. The molecule has 13 rings (SSSR count). The summed E-state index contributed by atoms with van der Waals surface area (Å²) < 4.78 is 90.3. The topological polar surface area (TPSA) is 248 Å². The van der Waals surface area contributed by atoms with Gasteiger partial charge in [-0.2, -0.15) is 9.78 Å². The van der Waals surface area contributed by atoms with Crippen molar-refractivity contribution in [1.29, 1.82) is 0 Å². The van der Waals surface area contributed by atoms with Crippen molar-refractivity contribution in [3.63, 3.8) is 0 Å². The fourth-order valence-electron chi connectivity index (χ4n) is 10.6. The molecule has 7 aliphatic carbocycles. The molecule has 0 aromatic carbocycles. The van der Waals surface area contributed by atoms with E-state index in [0.717, 1.165) is 44.9 Å². The Balaban J connectivity index is 0.802. The molecule has 0 saturated heterocycles. The molecule has 7 saturated carbocycles. The lowest BCUT2D eigenvalue weighted by atomic mass is 9.50. The van der Waals surface area contributed by atoms with Crippen LogP contribution in [0.3, 0.4) is 0 Å². The summed E-state index contributed by atoms with van der Waals surface area (Å²) in [6.45, 7) is 1.29. The van der Waals surface area contributed by atoms with Gasteiger partial charge in [-0.15, -0.1) is 13.2 Å². The molecule has 6 aromatic rings. The van der Waals surface area contributed by atoms with E-state index in [9.17, 15) is 27.6 Å². The van der Waals surface area contributed by atoms with E-state index in [-0.39, 0.29) is 72.1 Å². The number of amides is 3. The lowest BCUT2D eigenvalue weighted by Gasteiger charge is -2.61. The van der Waals surface area contributed by atoms with E-state index in [2.05, 4.69) is 61.6 Å². The van der Waals surface area contributed by atoms with E-state index in [1.165, 1.54) is 22.9 Å². The van der Waals surface area contributed by atoms with Gasteiger partial charge in [0, 0.05) is 77.9 Å². The Morgan fingerprint density at radius 3 is 2.40 bits per heavy atom. The Morgan fingerprint density at radius 1 is 0.863 bits per heavy atom. The molecule has 26 heteroatoms. The molecule has 0 spiro atoms. The zero-order chi connectivity index (χ0) is 50.4. The molecule has 6 heterocycles. The van der Waals surface area contributed by atoms with E-state index < -0.39 is 61.5 Å². The van der Waals surface area contributed by atoms with Gasteiger partial charge in [-0.3, -0.25) is 19.0 Å². The summed E-state index contributed by atoms with van der Waals surface area (Å²) in [4.78, 5) is 56.9. The maximum Gasteiger partial charge on any atom is 0.522 e. The molecule has 6 aromatic heterocycles. The number of ether oxygens (including phenoxy) is 3. The van der Waals surface area contributed by atoms with Crippen LogP contribution in [-0.4, -0.2) is 110 Å². The van der Waals surface area contributed by atoms with Crippen LogP contribution in [0.15, 0.2) is 42.9 Å². The first-order valence-corrected chi connectivity index (χ1v) is 24.7. The summed E-state index contributed by atoms with van der Waals surface area (Å²) in [6.07, 6.45) is 0.961. The van der Waals surface area contributed by atoms with Crippen LogP contribution < -0.4 is 31.3 Å². The summed E-state index contributed by atoms with van der Waals surface area (Å²) in [5, 5.41) is 26.0. The molecule has 6 atom stereocenters. The van der Waals surface area contributed by atoms with Crippen molar-refractivity contribution in [2.45, 2.75) is 157 Å². The Labute approximate surface area is 412 Å². The molecular weight excluding hydrogens is 966 g/mol. The van der Waals surface area contributed by atoms with E-state index in [1.54, 1.807) is 33.5 Å². The number of imidazole rings is 2. The number of hydrogen-bond donors (Lipinski definition) is 7. The molecule has 2 bridgehead atoms. The highest BCUT2D eigenvalue weighted by atomic mass is 19.4. The van der Waals surface area contributed by atoms with Crippen molar-refractivity contribution in [3.8, 4) is 0 Å². The zero-order valence-electron chi connectivity index (χ0n) is 39.5. The first kappa shape index (κ1) is 46.9. The smallest absolute Gasteiger partial charge is 0.443 e. The molecule has 3 amide bonds. The monoisotopic (exact) mass is 1020 g/mol. The predicted molar refractivity (Wildman–Crippen MR) is 245 cm³/mol. The van der Waals surface area contributed by atoms with Crippen molar-refractivity contribution in [1.82, 2.24) is 60.0 Å². The number of alkyl carbamates (subject to hydrolysis) is 2. The number of carbonyl (C=O) groups is 3. The van der Waals surface area contributed by atoms with Gasteiger partial charge < -0.3 is 30.7 Å². The molecular formula is C47H53F5N15O6+.